The van der Waals surface area contributed by atoms with Gasteiger partial charge in [0.05, 0.1) is 6.54 Å². The second-order valence-electron chi connectivity index (χ2n) is 5.98. The SMILES string of the molecule is CCNC(=NCc1ccc(F)c(C)c1)NCCS(=O)Cc1ccccc1. The van der Waals surface area contributed by atoms with E-state index in [0.29, 0.717) is 36.1 Å². The Balaban J connectivity index is 1.83. The number of benzene rings is 2. The maximum absolute atomic E-state index is 13.3. The third kappa shape index (κ3) is 6.96. The Labute approximate surface area is 157 Å². The standard InChI is InChI=1S/C20H26FN3OS/c1-3-22-20(24-14-18-9-10-19(21)16(2)13-18)23-11-12-26(25)15-17-7-5-4-6-8-17/h4-10,13H,3,11-12,14-15H2,1-2H3,(H2,22,23,24). The maximum atomic E-state index is 13.3. The van der Waals surface area contributed by atoms with Crippen LogP contribution in [0.5, 0.6) is 0 Å². The Kier molecular flexibility index (Phi) is 8.28. The first-order chi connectivity index (χ1) is 12.6. The molecule has 0 heterocycles. The van der Waals surface area contributed by atoms with E-state index in [4.69, 9.17) is 0 Å². The first kappa shape index (κ1) is 20.1. The highest BCUT2D eigenvalue weighted by molar-refractivity contribution is 7.84. The van der Waals surface area contributed by atoms with Crippen LogP contribution in [0.25, 0.3) is 0 Å². The average molecular weight is 376 g/mol. The van der Waals surface area contributed by atoms with Gasteiger partial charge in [0.2, 0.25) is 0 Å². The molecular weight excluding hydrogens is 349 g/mol. The van der Waals surface area contributed by atoms with Crippen molar-refractivity contribution in [2.24, 2.45) is 4.99 Å². The van der Waals surface area contributed by atoms with Crippen molar-refractivity contribution in [2.75, 3.05) is 18.8 Å². The molecule has 2 aromatic rings. The normalized spacial score (nSPS) is 12.7. The van der Waals surface area contributed by atoms with Gasteiger partial charge in [0, 0.05) is 35.4 Å². The number of halogens is 1. The average Bonchev–Trinajstić information content (AvgIpc) is 2.63. The van der Waals surface area contributed by atoms with Gasteiger partial charge in [-0.2, -0.15) is 0 Å². The van der Waals surface area contributed by atoms with E-state index in [2.05, 4.69) is 15.6 Å². The van der Waals surface area contributed by atoms with Gasteiger partial charge in [-0.15, -0.1) is 0 Å². The van der Waals surface area contributed by atoms with Gasteiger partial charge in [0.25, 0.3) is 0 Å². The van der Waals surface area contributed by atoms with E-state index in [0.717, 1.165) is 17.7 Å². The van der Waals surface area contributed by atoms with Crippen LogP contribution in [0.3, 0.4) is 0 Å². The molecular formula is C20H26FN3OS. The van der Waals surface area contributed by atoms with Crippen LogP contribution in [0.4, 0.5) is 4.39 Å². The lowest BCUT2D eigenvalue weighted by atomic mass is 10.1. The Morgan fingerprint density at radius 1 is 1.12 bits per heavy atom. The predicted molar refractivity (Wildman–Crippen MR) is 107 cm³/mol. The van der Waals surface area contributed by atoms with E-state index in [1.165, 1.54) is 6.07 Å². The molecule has 0 bridgehead atoms. The summed E-state index contributed by atoms with van der Waals surface area (Å²) in [6, 6.07) is 14.9. The zero-order valence-electron chi connectivity index (χ0n) is 15.3. The van der Waals surface area contributed by atoms with Crippen molar-refractivity contribution >= 4 is 16.8 Å². The fourth-order valence-electron chi connectivity index (χ4n) is 2.43. The van der Waals surface area contributed by atoms with Gasteiger partial charge in [-0.25, -0.2) is 9.38 Å². The topological polar surface area (TPSA) is 53.5 Å². The molecule has 0 spiro atoms. The molecule has 0 fully saturated rings. The Morgan fingerprint density at radius 3 is 2.58 bits per heavy atom. The van der Waals surface area contributed by atoms with Crippen molar-refractivity contribution in [3.63, 3.8) is 0 Å². The molecule has 4 nitrogen and oxygen atoms in total. The number of aryl methyl sites for hydroxylation is 1. The van der Waals surface area contributed by atoms with Crippen LogP contribution >= 0.6 is 0 Å². The molecule has 2 aromatic carbocycles. The van der Waals surface area contributed by atoms with Crippen LogP contribution in [-0.2, 0) is 23.1 Å². The number of nitrogens with one attached hydrogen (secondary N) is 2. The van der Waals surface area contributed by atoms with Crippen molar-refractivity contribution in [3.8, 4) is 0 Å². The van der Waals surface area contributed by atoms with Crippen LogP contribution in [0.15, 0.2) is 53.5 Å². The van der Waals surface area contributed by atoms with Gasteiger partial charge in [0.1, 0.15) is 5.82 Å². The summed E-state index contributed by atoms with van der Waals surface area (Å²) in [7, 11) is -0.924. The fraction of sp³-hybridized carbons (Fsp3) is 0.350. The van der Waals surface area contributed by atoms with E-state index in [-0.39, 0.29) is 5.82 Å². The molecule has 2 N–H and O–H groups in total. The zero-order valence-corrected chi connectivity index (χ0v) is 16.1. The Hall–Kier alpha value is -2.21. The van der Waals surface area contributed by atoms with Gasteiger partial charge in [0.15, 0.2) is 5.96 Å². The summed E-state index contributed by atoms with van der Waals surface area (Å²) in [5.74, 6) is 1.58. The van der Waals surface area contributed by atoms with Crippen molar-refractivity contribution in [1.82, 2.24) is 10.6 Å². The summed E-state index contributed by atoms with van der Waals surface area (Å²) in [6.45, 7) is 5.51. The molecule has 0 aliphatic carbocycles. The monoisotopic (exact) mass is 375 g/mol. The number of hydrogen-bond acceptors (Lipinski definition) is 2. The van der Waals surface area contributed by atoms with Gasteiger partial charge in [-0.3, -0.25) is 4.21 Å². The number of aliphatic imine (C=N–C) groups is 1. The lowest BCUT2D eigenvalue weighted by Gasteiger charge is -2.11. The molecule has 1 unspecified atom stereocenters. The second kappa shape index (κ2) is 10.7. The fourth-order valence-corrected chi connectivity index (χ4v) is 3.47. The summed E-state index contributed by atoms with van der Waals surface area (Å²) in [5.41, 5.74) is 2.65. The lowest BCUT2D eigenvalue weighted by molar-refractivity contribution is 0.617. The highest BCUT2D eigenvalue weighted by Gasteiger charge is 2.04. The third-order valence-electron chi connectivity index (χ3n) is 3.78. The predicted octanol–water partition coefficient (Wildman–Crippen LogP) is 3.14. The molecule has 0 radical (unpaired) electrons. The molecule has 0 aliphatic rings. The van der Waals surface area contributed by atoms with Gasteiger partial charge in [-0.05, 0) is 36.6 Å². The molecule has 140 valence electrons. The van der Waals surface area contributed by atoms with Crippen LogP contribution in [-0.4, -0.2) is 29.0 Å². The first-order valence-corrected chi connectivity index (χ1v) is 10.2. The Morgan fingerprint density at radius 2 is 1.88 bits per heavy atom. The largest absolute Gasteiger partial charge is 0.357 e. The first-order valence-electron chi connectivity index (χ1n) is 8.74. The van der Waals surface area contributed by atoms with E-state index in [1.807, 2.05) is 37.3 Å². The van der Waals surface area contributed by atoms with Crippen molar-refractivity contribution in [3.05, 3.63) is 71.0 Å². The van der Waals surface area contributed by atoms with Gasteiger partial charge < -0.3 is 10.6 Å². The van der Waals surface area contributed by atoms with Crippen LogP contribution in [0.2, 0.25) is 0 Å². The highest BCUT2D eigenvalue weighted by Crippen LogP contribution is 2.10. The highest BCUT2D eigenvalue weighted by atomic mass is 32.2. The summed E-state index contributed by atoms with van der Waals surface area (Å²) >= 11 is 0. The summed E-state index contributed by atoms with van der Waals surface area (Å²) < 4.78 is 25.5. The number of rotatable bonds is 8. The minimum absolute atomic E-state index is 0.205. The van der Waals surface area contributed by atoms with E-state index < -0.39 is 10.8 Å². The molecule has 0 aliphatic heterocycles. The van der Waals surface area contributed by atoms with Crippen LogP contribution < -0.4 is 10.6 Å². The number of guanidine groups is 1. The third-order valence-corrected chi connectivity index (χ3v) is 5.09. The smallest absolute Gasteiger partial charge is 0.191 e. The zero-order chi connectivity index (χ0) is 18.8. The van der Waals surface area contributed by atoms with Crippen molar-refractivity contribution in [1.29, 1.82) is 0 Å². The van der Waals surface area contributed by atoms with E-state index in [1.54, 1.807) is 19.1 Å². The minimum atomic E-state index is -0.924. The second-order valence-corrected chi connectivity index (χ2v) is 7.56. The summed E-state index contributed by atoms with van der Waals surface area (Å²) in [5, 5.41) is 6.37. The van der Waals surface area contributed by atoms with Crippen LogP contribution in [0.1, 0.15) is 23.6 Å². The number of nitrogens with zero attached hydrogens (tertiary/aromatic N) is 1. The molecule has 26 heavy (non-hydrogen) atoms. The molecule has 0 saturated heterocycles. The molecule has 0 saturated carbocycles. The summed E-state index contributed by atoms with van der Waals surface area (Å²) in [6.07, 6.45) is 0. The van der Waals surface area contributed by atoms with Crippen LogP contribution in [0, 0.1) is 12.7 Å². The van der Waals surface area contributed by atoms with E-state index >= 15 is 0 Å². The molecule has 0 amide bonds. The lowest BCUT2D eigenvalue weighted by Crippen LogP contribution is -2.39. The molecule has 1 atom stereocenters. The Bertz CT molecular complexity index is 750. The van der Waals surface area contributed by atoms with Crippen molar-refractivity contribution in [2.45, 2.75) is 26.1 Å². The molecule has 6 heteroatoms. The van der Waals surface area contributed by atoms with E-state index in [9.17, 15) is 8.60 Å². The van der Waals surface area contributed by atoms with Crippen molar-refractivity contribution < 1.29 is 8.60 Å². The molecule has 0 aromatic heterocycles. The minimum Gasteiger partial charge on any atom is -0.357 e. The summed E-state index contributed by atoms with van der Waals surface area (Å²) in [4.78, 5) is 4.51. The van der Waals surface area contributed by atoms with Gasteiger partial charge in [-0.1, -0.05) is 42.5 Å². The maximum Gasteiger partial charge on any atom is 0.191 e. The molecule has 2 rings (SSSR count). The van der Waals surface area contributed by atoms with Gasteiger partial charge >= 0.3 is 0 Å². The number of hydrogen-bond donors (Lipinski definition) is 2. The quantitative estimate of drug-likeness (QED) is 0.551.